The van der Waals surface area contributed by atoms with E-state index in [2.05, 4.69) is 4.74 Å². The summed E-state index contributed by atoms with van der Waals surface area (Å²) in [6.07, 6.45) is -12.9. The van der Waals surface area contributed by atoms with Crippen molar-refractivity contribution in [1.82, 2.24) is 0 Å². The molecule has 0 aliphatic rings. The van der Waals surface area contributed by atoms with Crippen LogP contribution in [0.2, 0.25) is 0 Å². The molecule has 164 valence electrons. The van der Waals surface area contributed by atoms with Gasteiger partial charge in [-0.1, -0.05) is 6.92 Å². The largest absolute Gasteiger partial charge is 0.828 e. The van der Waals surface area contributed by atoms with Gasteiger partial charge in [-0.05, 0) is 79.9 Å². The number of hydrogen-bond acceptors (Lipinski definition) is 5. The number of benzene rings is 1. The van der Waals surface area contributed by atoms with E-state index in [9.17, 15) is 41.0 Å². The molecule has 0 aliphatic carbocycles. The minimum Gasteiger partial charge on any atom is -0.828 e. The third-order valence-electron chi connectivity index (χ3n) is 3.30. The molecule has 0 heterocycles. The molecular weight excluding hydrogens is 755 g/mol. The number of esters is 2. The normalized spacial score (nSPS) is 13.8. The van der Waals surface area contributed by atoms with Gasteiger partial charge in [0.2, 0.25) is 0 Å². The summed E-state index contributed by atoms with van der Waals surface area (Å²) in [7, 11) is 0. The number of carbonyl (C=O) groups is 2. The summed E-state index contributed by atoms with van der Waals surface area (Å²) < 4.78 is 86.1. The number of carbonyl (C=O) groups excluding carboxylic acids is 2. The summed E-state index contributed by atoms with van der Waals surface area (Å²) in [5.74, 6) is -4.75. The summed E-state index contributed by atoms with van der Waals surface area (Å²) in [4.78, 5) is 23.4. The van der Waals surface area contributed by atoms with Gasteiger partial charge in [0.25, 0.3) is 0 Å². The number of hydrogen-bond donors (Lipinski definition) is 0. The molecule has 0 bridgehead atoms. The first-order valence-corrected chi connectivity index (χ1v) is 10.6. The van der Waals surface area contributed by atoms with E-state index >= 15 is 0 Å². The molecule has 1 aromatic carbocycles. The average Bonchev–Trinajstić information content (AvgIpc) is 2.57. The van der Waals surface area contributed by atoms with Crippen LogP contribution >= 0.6 is 67.8 Å². The van der Waals surface area contributed by atoms with Crippen LogP contribution in [-0.4, -0.2) is 43.1 Å². The molecule has 0 aliphatic heterocycles. The second-order valence-corrected chi connectivity index (χ2v) is 9.21. The maximum Gasteiger partial charge on any atom is 0.399 e. The quantitative estimate of drug-likeness (QED) is 0.189. The molecular formula is C15H10F6I3O5-. The molecule has 0 aromatic heterocycles. The number of alkyl halides is 6. The fourth-order valence-electron chi connectivity index (χ4n) is 1.76. The summed E-state index contributed by atoms with van der Waals surface area (Å²) in [6.45, 7) is -0.199. The first-order chi connectivity index (χ1) is 13.0. The van der Waals surface area contributed by atoms with Crippen LogP contribution in [0.5, 0.6) is 0 Å². The molecule has 0 radical (unpaired) electrons. The summed E-state index contributed by atoms with van der Waals surface area (Å²) in [6, 6.07) is 3.34. The van der Waals surface area contributed by atoms with E-state index in [0.29, 0.717) is 3.57 Å². The van der Waals surface area contributed by atoms with Crippen LogP contribution < -0.4 is 5.11 Å². The molecule has 1 atom stereocenters. The van der Waals surface area contributed by atoms with Crippen molar-refractivity contribution in [2.24, 2.45) is 5.92 Å². The van der Waals surface area contributed by atoms with Gasteiger partial charge in [-0.25, -0.2) is 4.79 Å². The molecule has 1 unspecified atom stereocenters. The second kappa shape index (κ2) is 10.0. The van der Waals surface area contributed by atoms with Crippen molar-refractivity contribution in [2.45, 2.75) is 24.9 Å². The number of rotatable bonds is 6. The molecule has 0 saturated carbocycles. The van der Waals surface area contributed by atoms with Crippen molar-refractivity contribution in [3.63, 3.8) is 0 Å². The van der Waals surface area contributed by atoms with Crippen LogP contribution in [0.15, 0.2) is 12.1 Å². The highest BCUT2D eigenvalue weighted by molar-refractivity contribution is 14.1. The fraction of sp³-hybridized carbons (Fsp3) is 0.467. The number of halogens is 9. The zero-order chi connectivity index (χ0) is 22.8. The highest BCUT2D eigenvalue weighted by atomic mass is 127. The van der Waals surface area contributed by atoms with Crippen LogP contribution in [0.1, 0.15) is 17.3 Å². The number of ether oxygens (including phenoxy) is 2. The van der Waals surface area contributed by atoms with Gasteiger partial charge in [0.05, 0.1) is 18.8 Å². The molecule has 29 heavy (non-hydrogen) atoms. The fourth-order valence-corrected chi connectivity index (χ4v) is 4.14. The predicted molar refractivity (Wildman–Crippen MR) is 110 cm³/mol. The lowest BCUT2D eigenvalue weighted by Crippen LogP contribution is -2.71. The Hall–Kier alpha value is -0.110. The molecule has 0 spiro atoms. The Morgan fingerprint density at radius 3 is 1.97 bits per heavy atom. The molecule has 1 rings (SSSR count). The lowest BCUT2D eigenvalue weighted by atomic mass is 10.0. The molecule has 1 aromatic rings. The van der Waals surface area contributed by atoms with Crippen LogP contribution in [0, 0.1) is 16.6 Å². The minimum atomic E-state index is -6.43. The Balaban J connectivity index is 2.73. The van der Waals surface area contributed by atoms with Gasteiger partial charge in [0.1, 0.15) is 0 Å². The molecule has 14 heteroatoms. The highest BCUT2D eigenvalue weighted by Gasteiger charge is 2.68. The third kappa shape index (κ3) is 6.44. The van der Waals surface area contributed by atoms with Gasteiger partial charge in [-0.2, -0.15) is 26.3 Å². The average molecular weight is 765 g/mol. The van der Waals surface area contributed by atoms with Gasteiger partial charge in [-0.15, -0.1) is 0 Å². The Morgan fingerprint density at radius 1 is 1.00 bits per heavy atom. The standard InChI is InChI=1S/C15H10F6I3O5/c1-6(4-28-11(25)8-2-7(22)3-9(23)10(8)24)5-29-12(26)13(27,14(16,17)18)15(19,20)21/h2-3,6H,4-5H2,1H3/q-1. The summed E-state index contributed by atoms with van der Waals surface area (Å²) in [5, 5.41) is 11.2. The monoisotopic (exact) mass is 765 g/mol. The minimum absolute atomic E-state index is 0.221. The maximum atomic E-state index is 12.5. The first-order valence-electron chi connectivity index (χ1n) is 7.35. The van der Waals surface area contributed by atoms with E-state index in [-0.39, 0.29) is 5.56 Å². The van der Waals surface area contributed by atoms with E-state index in [1.54, 1.807) is 6.07 Å². The van der Waals surface area contributed by atoms with Crippen LogP contribution in [0.4, 0.5) is 26.3 Å². The van der Waals surface area contributed by atoms with Gasteiger partial charge in [0.15, 0.2) is 5.60 Å². The zero-order valence-electron chi connectivity index (χ0n) is 14.1. The highest BCUT2D eigenvalue weighted by Crippen LogP contribution is 2.41. The van der Waals surface area contributed by atoms with E-state index in [0.717, 1.165) is 7.14 Å². The van der Waals surface area contributed by atoms with Crippen molar-refractivity contribution in [2.75, 3.05) is 13.2 Å². The Kier molecular flexibility index (Phi) is 9.29. The molecule has 0 fully saturated rings. The maximum absolute atomic E-state index is 12.5. The molecule has 0 saturated heterocycles. The van der Waals surface area contributed by atoms with E-state index in [4.69, 9.17) is 4.74 Å². The summed E-state index contributed by atoms with van der Waals surface area (Å²) >= 11 is 5.89. The topological polar surface area (TPSA) is 75.7 Å². The lowest BCUT2D eigenvalue weighted by Gasteiger charge is -2.40. The van der Waals surface area contributed by atoms with Crippen LogP contribution in [-0.2, 0) is 14.3 Å². The SMILES string of the molecule is CC(COC(=O)c1cc(I)cc(I)c1I)COC(=O)C([O-])(C(F)(F)F)C(F)(F)F. The van der Waals surface area contributed by atoms with Gasteiger partial charge >= 0.3 is 24.3 Å². The van der Waals surface area contributed by atoms with Crippen LogP contribution in [0.3, 0.4) is 0 Å². The Labute approximate surface area is 201 Å². The van der Waals surface area contributed by atoms with Gasteiger partial charge < -0.3 is 14.6 Å². The second-order valence-electron chi connectivity index (χ2n) is 5.73. The van der Waals surface area contributed by atoms with Crippen molar-refractivity contribution < 1.29 is 50.5 Å². The third-order valence-corrected chi connectivity index (χ3v) is 6.96. The van der Waals surface area contributed by atoms with Crippen molar-refractivity contribution in [1.29, 1.82) is 0 Å². The van der Waals surface area contributed by atoms with E-state index in [1.807, 2.05) is 67.8 Å². The van der Waals surface area contributed by atoms with E-state index in [1.165, 1.54) is 13.0 Å². The van der Waals surface area contributed by atoms with Gasteiger partial charge in [0, 0.05) is 16.6 Å². The molecule has 0 N–H and O–H groups in total. The first kappa shape index (κ1) is 26.9. The van der Waals surface area contributed by atoms with Crippen molar-refractivity contribution in [3.8, 4) is 0 Å². The van der Waals surface area contributed by atoms with Crippen molar-refractivity contribution >= 4 is 79.7 Å². The van der Waals surface area contributed by atoms with Gasteiger partial charge in [-0.3, -0.25) is 4.79 Å². The smallest absolute Gasteiger partial charge is 0.399 e. The van der Waals surface area contributed by atoms with E-state index < -0.39 is 49.0 Å². The zero-order valence-corrected chi connectivity index (χ0v) is 20.6. The summed E-state index contributed by atoms with van der Waals surface area (Å²) in [5.41, 5.74) is -5.68. The molecule has 5 nitrogen and oxygen atoms in total. The van der Waals surface area contributed by atoms with Crippen molar-refractivity contribution in [3.05, 3.63) is 28.4 Å². The Morgan fingerprint density at radius 2 is 1.48 bits per heavy atom. The van der Waals surface area contributed by atoms with Crippen LogP contribution in [0.25, 0.3) is 0 Å². The Bertz CT molecular complexity index is 767. The predicted octanol–water partition coefficient (Wildman–Crippen LogP) is 4.06. The lowest BCUT2D eigenvalue weighted by molar-refractivity contribution is -0.574. The molecule has 0 amide bonds.